The largest absolute Gasteiger partial charge is 0.309 e. The highest BCUT2D eigenvalue weighted by molar-refractivity contribution is 9.10. The van der Waals surface area contributed by atoms with Crippen LogP contribution in [0.4, 0.5) is 17.1 Å². The summed E-state index contributed by atoms with van der Waals surface area (Å²) in [5.41, 5.74) is 1.28. The third kappa shape index (κ3) is 3.67. The highest BCUT2D eigenvalue weighted by Crippen LogP contribution is 2.38. The van der Waals surface area contributed by atoms with E-state index in [1.54, 1.807) is 11.0 Å². The lowest BCUT2D eigenvalue weighted by Gasteiger charge is -2.21. The summed E-state index contributed by atoms with van der Waals surface area (Å²) in [5, 5.41) is 10.9. The van der Waals surface area contributed by atoms with Crippen LogP contribution in [0.2, 0.25) is 0 Å². The van der Waals surface area contributed by atoms with Gasteiger partial charge >= 0.3 is 0 Å². The van der Waals surface area contributed by atoms with Crippen molar-refractivity contribution in [3.63, 3.8) is 0 Å². The van der Waals surface area contributed by atoms with Crippen LogP contribution in [0.15, 0.2) is 45.8 Å². The number of nitro benzene ring substituents is 1. The summed E-state index contributed by atoms with van der Waals surface area (Å²) in [6.07, 6.45) is 0.631. The van der Waals surface area contributed by atoms with Crippen LogP contribution in [-0.4, -0.2) is 25.3 Å². The highest BCUT2D eigenvalue weighted by Gasteiger charge is 2.32. The SMILES string of the molecule is CC(=O)N1c2cc(S(=O)(=O)Nc3cccc([N+](=O)[O-])c3)c(Br)cc2CC1C. The molecular formula is C17H16BrN3O5S. The van der Waals surface area contributed by atoms with Crippen molar-refractivity contribution < 1.29 is 18.1 Å². The number of sulfonamides is 1. The number of nitrogens with zero attached hydrogens (tertiary/aromatic N) is 2. The first-order valence-corrected chi connectivity index (χ1v) is 10.3. The quantitative estimate of drug-likeness (QED) is 0.562. The maximum Gasteiger partial charge on any atom is 0.271 e. The first kappa shape index (κ1) is 19.3. The number of non-ortho nitro benzene ring substituents is 1. The van der Waals surface area contributed by atoms with Crippen molar-refractivity contribution >= 4 is 48.9 Å². The Morgan fingerprint density at radius 1 is 1.33 bits per heavy atom. The van der Waals surface area contributed by atoms with Gasteiger partial charge in [-0.3, -0.25) is 19.6 Å². The molecule has 142 valence electrons. The van der Waals surface area contributed by atoms with Gasteiger partial charge in [0.1, 0.15) is 4.90 Å². The number of rotatable bonds is 4. The standard InChI is InChI=1S/C17H16BrN3O5S/c1-10-6-12-7-15(18)17(9-16(12)20(10)11(2)22)27(25,26)19-13-4-3-5-14(8-13)21(23)24/h3-5,7-10,19H,6H2,1-2H3. The topological polar surface area (TPSA) is 110 Å². The molecule has 0 saturated carbocycles. The zero-order chi connectivity index (χ0) is 19.9. The van der Waals surface area contributed by atoms with Gasteiger partial charge in [0, 0.05) is 35.3 Å². The lowest BCUT2D eigenvalue weighted by atomic mass is 10.1. The van der Waals surface area contributed by atoms with Crippen molar-refractivity contribution in [2.75, 3.05) is 9.62 Å². The first-order valence-electron chi connectivity index (χ1n) is 7.99. The molecule has 2 aromatic carbocycles. The number of nitro groups is 1. The van der Waals surface area contributed by atoms with Crippen LogP contribution in [-0.2, 0) is 21.2 Å². The van der Waals surface area contributed by atoms with Crippen LogP contribution in [0.3, 0.4) is 0 Å². The number of nitrogens with one attached hydrogen (secondary N) is 1. The molecule has 1 aliphatic heterocycles. The van der Waals surface area contributed by atoms with E-state index >= 15 is 0 Å². The van der Waals surface area contributed by atoms with Gasteiger partial charge < -0.3 is 4.90 Å². The molecule has 1 unspecified atom stereocenters. The Labute approximate surface area is 164 Å². The third-order valence-electron chi connectivity index (χ3n) is 4.29. The van der Waals surface area contributed by atoms with Gasteiger partial charge in [-0.2, -0.15) is 0 Å². The van der Waals surface area contributed by atoms with Crippen molar-refractivity contribution in [1.82, 2.24) is 0 Å². The zero-order valence-corrected chi connectivity index (χ0v) is 16.9. The van der Waals surface area contributed by atoms with Gasteiger partial charge in [0.25, 0.3) is 15.7 Å². The number of fused-ring (bicyclic) bond motifs is 1. The van der Waals surface area contributed by atoms with E-state index in [2.05, 4.69) is 20.7 Å². The van der Waals surface area contributed by atoms with Gasteiger partial charge in [0.2, 0.25) is 5.91 Å². The predicted octanol–water partition coefficient (Wildman–Crippen LogP) is 3.46. The van der Waals surface area contributed by atoms with Crippen molar-refractivity contribution in [3.05, 3.63) is 56.5 Å². The molecule has 1 N–H and O–H groups in total. The van der Waals surface area contributed by atoms with Gasteiger partial charge in [-0.05, 0) is 53.0 Å². The van der Waals surface area contributed by atoms with E-state index in [9.17, 15) is 23.3 Å². The molecule has 27 heavy (non-hydrogen) atoms. The normalized spacial score (nSPS) is 16.1. The fourth-order valence-electron chi connectivity index (χ4n) is 3.20. The maximum absolute atomic E-state index is 12.8. The molecule has 0 bridgehead atoms. The van der Waals surface area contributed by atoms with Crippen LogP contribution < -0.4 is 9.62 Å². The smallest absolute Gasteiger partial charge is 0.271 e. The van der Waals surface area contributed by atoms with Crippen molar-refractivity contribution in [1.29, 1.82) is 0 Å². The molecule has 8 nitrogen and oxygen atoms in total. The Kier molecular flexibility index (Phi) is 4.96. The van der Waals surface area contributed by atoms with E-state index in [0.29, 0.717) is 16.6 Å². The number of carbonyl (C=O) groups is 1. The van der Waals surface area contributed by atoms with Crippen LogP contribution in [0.25, 0.3) is 0 Å². The third-order valence-corrected chi connectivity index (χ3v) is 6.63. The van der Waals surface area contributed by atoms with Crippen LogP contribution in [0.1, 0.15) is 19.4 Å². The average molecular weight is 454 g/mol. The summed E-state index contributed by atoms with van der Waals surface area (Å²) in [7, 11) is -4.03. The highest BCUT2D eigenvalue weighted by atomic mass is 79.9. The van der Waals surface area contributed by atoms with E-state index in [-0.39, 0.29) is 28.2 Å². The monoisotopic (exact) mass is 453 g/mol. The van der Waals surface area contributed by atoms with E-state index < -0.39 is 14.9 Å². The number of amides is 1. The minimum Gasteiger partial charge on any atom is -0.309 e. The molecule has 0 radical (unpaired) electrons. The van der Waals surface area contributed by atoms with Gasteiger partial charge in [-0.25, -0.2) is 8.42 Å². The van der Waals surface area contributed by atoms with Gasteiger partial charge in [0.15, 0.2) is 0 Å². The molecule has 1 aliphatic rings. The van der Waals surface area contributed by atoms with E-state index in [1.165, 1.54) is 31.2 Å². The van der Waals surface area contributed by atoms with Crippen molar-refractivity contribution in [2.24, 2.45) is 0 Å². The minimum absolute atomic E-state index is 0.0480. The number of hydrogen-bond donors (Lipinski definition) is 1. The maximum atomic E-state index is 12.8. The molecule has 1 atom stereocenters. The average Bonchev–Trinajstić information content (AvgIpc) is 2.88. The number of benzene rings is 2. The summed E-state index contributed by atoms with van der Waals surface area (Å²) in [4.78, 5) is 23.7. The van der Waals surface area contributed by atoms with Gasteiger partial charge in [0.05, 0.1) is 10.6 Å². The second-order valence-electron chi connectivity index (χ2n) is 6.27. The van der Waals surface area contributed by atoms with E-state index in [1.807, 2.05) is 6.92 Å². The summed E-state index contributed by atoms with van der Waals surface area (Å²) >= 11 is 3.28. The molecule has 0 fully saturated rings. The summed E-state index contributed by atoms with van der Waals surface area (Å²) in [6, 6.07) is 8.31. The molecule has 2 aromatic rings. The molecular weight excluding hydrogens is 438 g/mol. The van der Waals surface area contributed by atoms with Gasteiger partial charge in [-0.15, -0.1) is 0 Å². The van der Waals surface area contributed by atoms with Crippen molar-refractivity contribution in [2.45, 2.75) is 31.2 Å². The Hall–Kier alpha value is -2.46. The number of carbonyl (C=O) groups excluding carboxylic acids is 1. The van der Waals surface area contributed by atoms with E-state index in [0.717, 1.165) is 11.6 Å². The second-order valence-corrected chi connectivity index (χ2v) is 8.77. The second kappa shape index (κ2) is 6.93. The minimum atomic E-state index is -4.03. The fourth-order valence-corrected chi connectivity index (χ4v) is 5.36. The van der Waals surface area contributed by atoms with Crippen LogP contribution in [0.5, 0.6) is 0 Å². The van der Waals surface area contributed by atoms with Gasteiger partial charge in [-0.1, -0.05) is 6.07 Å². The van der Waals surface area contributed by atoms with Crippen LogP contribution in [0, 0.1) is 10.1 Å². The van der Waals surface area contributed by atoms with Crippen LogP contribution >= 0.6 is 15.9 Å². The lowest BCUT2D eigenvalue weighted by molar-refractivity contribution is -0.384. The summed E-state index contributed by atoms with van der Waals surface area (Å²) in [6.45, 7) is 3.33. The predicted molar refractivity (Wildman–Crippen MR) is 104 cm³/mol. The van der Waals surface area contributed by atoms with Crippen molar-refractivity contribution in [3.8, 4) is 0 Å². The number of anilines is 2. The molecule has 3 rings (SSSR count). The molecule has 0 aromatic heterocycles. The molecule has 1 amide bonds. The summed E-state index contributed by atoms with van der Waals surface area (Å²) in [5.74, 6) is -0.168. The molecule has 10 heteroatoms. The lowest BCUT2D eigenvalue weighted by Crippen LogP contribution is -2.33. The number of halogens is 1. The Balaban J connectivity index is 2.02. The fraction of sp³-hybridized carbons (Fsp3) is 0.235. The number of hydrogen-bond acceptors (Lipinski definition) is 5. The Morgan fingerprint density at radius 2 is 2.04 bits per heavy atom. The molecule has 1 heterocycles. The molecule has 0 spiro atoms. The summed E-state index contributed by atoms with van der Waals surface area (Å²) < 4.78 is 28.4. The molecule has 0 aliphatic carbocycles. The Morgan fingerprint density at radius 3 is 2.67 bits per heavy atom. The molecule has 0 saturated heterocycles. The first-order chi connectivity index (χ1) is 12.6. The zero-order valence-electron chi connectivity index (χ0n) is 14.5. The Bertz CT molecular complexity index is 1050. The van der Waals surface area contributed by atoms with E-state index in [4.69, 9.17) is 0 Å².